The van der Waals surface area contributed by atoms with Crippen LogP contribution in [-0.4, -0.2) is 11.7 Å². The number of hydrogen-bond donors (Lipinski definition) is 1. The largest absolute Gasteiger partial charge is 0.504 e. The van der Waals surface area contributed by atoms with E-state index in [2.05, 4.69) is 0 Å². The topological polar surface area (TPSA) is 29.5 Å². The van der Waals surface area contributed by atoms with Gasteiger partial charge in [0.15, 0.2) is 11.5 Å². The summed E-state index contributed by atoms with van der Waals surface area (Å²) in [5.41, 5.74) is 0. The highest BCUT2D eigenvalue weighted by molar-refractivity contribution is 6.42. The Labute approximate surface area is 80.7 Å². The van der Waals surface area contributed by atoms with Crippen molar-refractivity contribution >= 4 is 23.2 Å². The highest BCUT2D eigenvalue weighted by Gasteiger charge is 2.06. The second-order valence-corrected chi connectivity index (χ2v) is 2.98. The van der Waals surface area contributed by atoms with E-state index in [0.717, 1.165) is 0 Å². The smallest absolute Gasteiger partial charge is 0.162 e. The number of phenolic OH excluding ortho intramolecular Hbond substituents is 1. The lowest BCUT2D eigenvalue weighted by Gasteiger charge is -2.06. The van der Waals surface area contributed by atoms with Gasteiger partial charge in [-0.1, -0.05) is 23.2 Å². The molecule has 12 heavy (non-hydrogen) atoms. The lowest BCUT2D eigenvalue weighted by molar-refractivity contribution is 0.318. The molecule has 0 heterocycles. The monoisotopic (exact) mass is 206 g/mol. The van der Waals surface area contributed by atoms with Crippen molar-refractivity contribution in [2.75, 3.05) is 6.61 Å². The number of halogens is 2. The minimum Gasteiger partial charge on any atom is -0.504 e. The fourth-order valence-electron chi connectivity index (χ4n) is 0.789. The van der Waals surface area contributed by atoms with Gasteiger partial charge in [0, 0.05) is 12.1 Å². The van der Waals surface area contributed by atoms with Gasteiger partial charge in [-0.2, -0.15) is 0 Å². The molecule has 0 saturated carbocycles. The van der Waals surface area contributed by atoms with Crippen LogP contribution >= 0.6 is 23.2 Å². The fourth-order valence-corrected chi connectivity index (χ4v) is 1.10. The zero-order chi connectivity index (χ0) is 9.14. The Morgan fingerprint density at radius 2 is 1.92 bits per heavy atom. The zero-order valence-corrected chi connectivity index (χ0v) is 7.99. The number of hydrogen-bond acceptors (Lipinski definition) is 2. The van der Waals surface area contributed by atoms with E-state index in [1.165, 1.54) is 12.1 Å². The van der Waals surface area contributed by atoms with Crippen LogP contribution in [-0.2, 0) is 0 Å². The van der Waals surface area contributed by atoms with Crippen molar-refractivity contribution in [2.24, 2.45) is 0 Å². The summed E-state index contributed by atoms with van der Waals surface area (Å²) in [7, 11) is 0. The third-order valence-electron chi connectivity index (χ3n) is 1.30. The first-order chi connectivity index (χ1) is 5.65. The standard InChI is InChI=1S/C8H8Cl2O2/c1-2-12-8-4-6(10)5(9)3-7(8)11/h3-4,11H,2H2,1H3. The van der Waals surface area contributed by atoms with Crippen molar-refractivity contribution in [2.45, 2.75) is 6.92 Å². The maximum Gasteiger partial charge on any atom is 0.162 e. The fraction of sp³-hybridized carbons (Fsp3) is 0.250. The summed E-state index contributed by atoms with van der Waals surface area (Å²) in [5.74, 6) is 0.359. The molecule has 0 aromatic heterocycles. The van der Waals surface area contributed by atoms with Crippen LogP contribution in [0.25, 0.3) is 0 Å². The van der Waals surface area contributed by atoms with Gasteiger partial charge >= 0.3 is 0 Å². The van der Waals surface area contributed by atoms with E-state index < -0.39 is 0 Å². The molecule has 1 rings (SSSR count). The molecule has 1 aromatic carbocycles. The van der Waals surface area contributed by atoms with Crippen LogP contribution in [0, 0.1) is 0 Å². The molecule has 0 radical (unpaired) electrons. The van der Waals surface area contributed by atoms with Crippen LogP contribution in [0.1, 0.15) is 6.92 Å². The number of aromatic hydroxyl groups is 1. The second-order valence-electron chi connectivity index (χ2n) is 2.17. The van der Waals surface area contributed by atoms with Crippen molar-refractivity contribution in [1.29, 1.82) is 0 Å². The van der Waals surface area contributed by atoms with Gasteiger partial charge in [0.2, 0.25) is 0 Å². The van der Waals surface area contributed by atoms with Crippen molar-refractivity contribution in [1.82, 2.24) is 0 Å². The molecule has 0 bridgehead atoms. The highest BCUT2D eigenvalue weighted by atomic mass is 35.5. The normalized spacial score (nSPS) is 9.92. The summed E-state index contributed by atoms with van der Waals surface area (Å²) >= 11 is 11.3. The van der Waals surface area contributed by atoms with E-state index in [1.54, 1.807) is 0 Å². The summed E-state index contributed by atoms with van der Waals surface area (Å²) in [5, 5.41) is 9.97. The summed E-state index contributed by atoms with van der Waals surface area (Å²) < 4.78 is 5.08. The van der Waals surface area contributed by atoms with E-state index in [0.29, 0.717) is 22.4 Å². The quantitative estimate of drug-likeness (QED) is 0.807. The summed E-state index contributed by atoms with van der Waals surface area (Å²) in [6.07, 6.45) is 0. The van der Waals surface area contributed by atoms with Crippen molar-refractivity contribution in [3.63, 3.8) is 0 Å². The number of rotatable bonds is 2. The Bertz CT molecular complexity index is 287. The van der Waals surface area contributed by atoms with Crippen LogP contribution in [0.15, 0.2) is 12.1 Å². The third-order valence-corrected chi connectivity index (χ3v) is 2.02. The lowest BCUT2D eigenvalue weighted by atomic mass is 10.3. The van der Waals surface area contributed by atoms with Gasteiger partial charge in [-0.25, -0.2) is 0 Å². The van der Waals surface area contributed by atoms with E-state index in [4.69, 9.17) is 27.9 Å². The van der Waals surface area contributed by atoms with E-state index >= 15 is 0 Å². The molecule has 0 spiro atoms. The first kappa shape index (κ1) is 9.49. The SMILES string of the molecule is CCOc1cc(Cl)c(Cl)cc1O. The number of ether oxygens (including phenoxy) is 1. The Hall–Kier alpha value is -0.600. The molecule has 4 heteroatoms. The van der Waals surface area contributed by atoms with Gasteiger partial charge in [-0.3, -0.25) is 0 Å². The van der Waals surface area contributed by atoms with Crippen LogP contribution in [0.2, 0.25) is 10.0 Å². The first-order valence-electron chi connectivity index (χ1n) is 3.46. The van der Waals surface area contributed by atoms with Crippen LogP contribution < -0.4 is 4.74 Å². The van der Waals surface area contributed by atoms with Crippen LogP contribution in [0.3, 0.4) is 0 Å². The summed E-state index contributed by atoms with van der Waals surface area (Å²) in [4.78, 5) is 0. The van der Waals surface area contributed by atoms with E-state index in [9.17, 15) is 5.11 Å². The molecular weight excluding hydrogens is 199 g/mol. The Morgan fingerprint density at radius 3 is 2.50 bits per heavy atom. The van der Waals surface area contributed by atoms with Gasteiger partial charge in [0.1, 0.15) is 0 Å². The van der Waals surface area contributed by atoms with Crippen molar-refractivity contribution < 1.29 is 9.84 Å². The minimum absolute atomic E-state index is 0.00579. The van der Waals surface area contributed by atoms with Crippen molar-refractivity contribution in [3.8, 4) is 11.5 Å². The van der Waals surface area contributed by atoms with Crippen molar-refractivity contribution in [3.05, 3.63) is 22.2 Å². The molecule has 0 fully saturated rings. The summed E-state index contributed by atoms with van der Waals surface area (Å²) in [6.45, 7) is 2.30. The Morgan fingerprint density at radius 1 is 1.33 bits per heavy atom. The van der Waals surface area contributed by atoms with Gasteiger partial charge in [-0.15, -0.1) is 0 Å². The number of phenols is 1. The van der Waals surface area contributed by atoms with E-state index in [1.807, 2.05) is 6.92 Å². The Balaban J connectivity index is 3.05. The average molecular weight is 207 g/mol. The van der Waals surface area contributed by atoms with Crippen LogP contribution in [0.5, 0.6) is 11.5 Å². The van der Waals surface area contributed by atoms with Crippen LogP contribution in [0.4, 0.5) is 0 Å². The predicted octanol–water partition coefficient (Wildman–Crippen LogP) is 3.10. The number of benzene rings is 1. The third kappa shape index (κ3) is 1.96. The Kier molecular flexibility index (Phi) is 3.06. The molecule has 2 nitrogen and oxygen atoms in total. The molecule has 0 aliphatic carbocycles. The molecular formula is C8H8Cl2O2. The summed E-state index contributed by atoms with van der Waals surface area (Å²) in [6, 6.07) is 2.84. The molecule has 1 aromatic rings. The van der Waals surface area contributed by atoms with Gasteiger partial charge in [0.25, 0.3) is 0 Å². The molecule has 0 saturated heterocycles. The predicted molar refractivity (Wildman–Crippen MR) is 49.3 cm³/mol. The molecule has 0 unspecified atom stereocenters. The molecule has 0 aliphatic heterocycles. The molecule has 66 valence electrons. The maximum absolute atomic E-state index is 9.28. The molecule has 0 atom stereocenters. The highest BCUT2D eigenvalue weighted by Crippen LogP contribution is 2.34. The minimum atomic E-state index is 0.00579. The zero-order valence-electron chi connectivity index (χ0n) is 6.47. The molecule has 1 N–H and O–H groups in total. The lowest BCUT2D eigenvalue weighted by Crippen LogP contribution is -1.91. The van der Waals surface area contributed by atoms with E-state index in [-0.39, 0.29) is 5.75 Å². The van der Waals surface area contributed by atoms with Gasteiger partial charge in [0.05, 0.1) is 16.7 Å². The van der Waals surface area contributed by atoms with Gasteiger partial charge in [-0.05, 0) is 6.92 Å². The maximum atomic E-state index is 9.28. The molecule has 0 amide bonds. The van der Waals surface area contributed by atoms with Gasteiger partial charge < -0.3 is 9.84 Å². The first-order valence-corrected chi connectivity index (χ1v) is 4.21. The molecule has 0 aliphatic rings. The second kappa shape index (κ2) is 3.87. The average Bonchev–Trinajstić information content (AvgIpc) is 2.01.